The van der Waals surface area contributed by atoms with Crippen molar-refractivity contribution in [3.8, 4) is 0 Å². The van der Waals surface area contributed by atoms with Crippen molar-refractivity contribution in [1.29, 1.82) is 0 Å². The number of carbonyl (C=O) groups is 3. The van der Waals surface area contributed by atoms with Crippen LogP contribution >= 0.6 is 15.9 Å². The van der Waals surface area contributed by atoms with Gasteiger partial charge in [0.05, 0.1) is 5.92 Å². The highest BCUT2D eigenvalue weighted by Crippen LogP contribution is 2.32. The molecule has 0 N–H and O–H groups in total. The molecule has 138 valence electrons. The van der Waals surface area contributed by atoms with Gasteiger partial charge in [-0.15, -0.1) is 0 Å². The van der Waals surface area contributed by atoms with Crippen molar-refractivity contribution in [3.05, 3.63) is 28.7 Å². The summed E-state index contributed by atoms with van der Waals surface area (Å²) in [5.74, 6) is 0.209. The molecule has 7 heteroatoms. The summed E-state index contributed by atoms with van der Waals surface area (Å²) in [6.45, 7) is 2.79. The van der Waals surface area contributed by atoms with Crippen LogP contribution in [0.15, 0.2) is 28.7 Å². The molecule has 26 heavy (non-hydrogen) atoms. The highest BCUT2D eigenvalue weighted by atomic mass is 79.9. The quantitative estimate of drug-likeness (QED) is 0.751. The van der Waals surface area contributed by atoms with Crippen LogP contribution in [0.1, 0.15) is 19.3 Å². The van der Waals surface area contributed by atoms with Crippen LogP contribution in [-0.2, 0) is 14.4 Å². The summed E-state index contributed by atoms with van der Waals surface area (Å²) in [6.07, 6.45) is 2.28. The lowest BCUT2D eigenvalue weighted by atomic mass is 10.1. The Morgan fingerprint density at radius 1 is 0.885 bits per heavy atom. The molecule has 1 aliphatic carbocycles. The van der Waals surface area contributed by atoms with Gasteiger partial charge in [-0.05, 0) is 37.1 Å². The number of nitrogens with zero attached hydrogens (tertiary/aromatic N) is 3. The van der Waals surface area contributed by atoms with Crippen LogP contribution in [0.3, 0.4) is 0 Å². The van der Waals surface area contributed by atoms with Crippen molar-refractivity contribution in [2.75, 3.05) is 37.6 Å². The third-order valence-electron chi connectivity index (χ3n) is 5.44. The zero-order valence-electron chi connectivity index (χ0n) is 14.6. The predicted octanol–water partition coefficient (Wildman–Crippen LogP) is 1.88. The van der Waals surface area contributed by atoms with E-state index in [1.54, 1.807) is 4.90 Å². The first-order valence-electron chi connectivity index (χ1n) is 9.16. The van der Waals surface area contributed by atoms with Crippen molar-refractivity contribution < 1.29 is 14.4 Å². The largest absolute Gasteiger partial charge is 0.339 e. The Morgan fingerprint density at radius 2 is 1.42 bits per heavy atom. The average molecular weight is 420 g/mol. The molecule has 2 heterocycles. The van der Waals surface area contributed by atoms with Crippen LogP contribution in [0.2, 0.25) is 0 Å². The van der Waals surface area contributed by atoms with Crippen LogP contribution in [0.4, 0.5) is 5.69 Å². The number of halogens is 1. The molecular weight excluding hydrogens is 398 g/mol. The minimum absolute atomic E-state index is 0.00628. The van der Waals surface area contributed by atoms with Crippen molar-refractivity contribution in [1.82, 2.24) is 9.80 Å². The second kappa shape index (κ2) is 7.02. The lowest BCUT2D eigenvalue weighted by Gasteiger charge is -2.36. The molecule has 1 saturated carbocycles. The molecule has 6 nitrogen and oxygen atoms in total. The molecule has 0 radical (unpaired) electrons. The van der Waals surface area contributed by atoms with Crippen molar-refractivity contribution >= 4 is 39.3 Å². The van der Waals surface area contributed by atoms with Crippen LogP contribution in [-0.4, -0.2) is 60.2 Å². The normalized spacial score (nSPS) is 23.5. The van der Waals surface area contributed by atoms with E-state index in [-0.39, 0.29) is 36.0 Å². The second-order valence-electron chi connectivity index (χ2n) is 7.31. The Bertz CT molecular complexity index is 724. The Balaban J connectivity index is 1.34. The van der Waals surface area contributed by atoms with E-state index < -0.39 is 0 Å². The minimum Gasteiger partial charge on any atom is -0.339 e. The fourth-order valence-corrected chi connectivity index (χ4v) is 4.00. The number of benzene rings is 1. The van der Waals surface area contributed by atoms with Gasteiger partial charge in [0.25, 0.3) is 0 Å². The molecule has 1 aromatic rings. The Labute approximate surface area is 161 Å². The molecule has 3 amide bonds. The monoisotopic (exact) mass is 419 g/mol. The lowest BCUT2D eigenvalue weighted by molar-refractivity contribution is -0.142. The summed E-state index contributed by atoms with van der Waals surface area (Å²) in [5, 5.41) is 0. The van der Waals surface area contributed by atoms with E-state index in [1.165, 1.54) is 0 Å². The predicted molar refractivity (Wildman–Crippen MR) is 100 cm³/mol. The number of hydrogen-bond acceptors (Lipinski definition) is 3. The first-order chi connectivity index (χ1) is 12.5. The smallest absolute Gasteiger partial charge is 0.228 e. The molecule has 3 fully saturated rings. The maximum absolute atomic E-state index is 12.8. The highest BCUT2D eigenvalue weighted by molar-refractivity contribution is 9.10. The van der Waals surface area contributed by atoms with E-state index in [2.05, 4.69) is 15.9 Å². The third kappa shape index (κ3) is 3.49. The highest BCUT2D eigenvalue weighted by Gasteiger charge is 2.39. The molecule has 0 aromatic heterocycles. The van der Waals surface area contributed by atoms with Gasteiger partial charge in [-0.2, -0.15) is 0 Å². The number of rotatable bonds is 3. The molecule has 0 bridgehead atoms. The topological polar surface area (TPSA) is 60.9 Å². The van der Waals surface area contributed by atoms with E-state index in [0.717, 1.165) is 23.0 Å². The molecule has 2 saturated heterocycles. The standard InChI is InChI=1S/C19H22BrN3O3/c20-15-3-5-16(6-4-15)23-12-14(11-17(23)24)19(26)22-9-7-21(8-10-22)18(25)13-1-2-13/h3-6,13-14H,1-2,7-12H2. The summed E-state index contributed by atoms with van der Waals surface area (Å²) in [5.41, 5.74) is 0.827. The first kappa shape index (κ1) is 17.5. The molecule has 0 spiro atoms. The van der Waals surface area contributed by atoms with E-state index in [1.807, 2.05) is 34.1 Å². The number of hydrogen-bond donors (Lipinski definition) is 0. The van der Waals surface area contributed by atoms with Gasteiger partial charge in [-0.3, -0.25) is 14.4 Å². The fraction of sp³-hybridized carbons (Fsp3) is 0.526. The summed E-state index contributed by atoms with van der Waals surface area (Å²) in [6, 6.07) is 7.57. The third-order valence-corrected chi connectivity index (χ3v) is 5.97. The molecule has 2 aliphatic heterocycles. The zero-order chi connectivity index (χ0) is 18.3. The van der Waals surface area contributed by atoms with Gasteiger partial charge in [0.2, 0.25) is 17.7 Å². The van der Waals surface area contributed by atoms with E-state index in [4.69, 9.17) is 0 Å². The van der Waals surface area contributed by atoms with Gasteiger partial charge >= 0.3 is 0 Å². The van der Waals surface area contributed by atoms with Gasteiger partial charge in [0.1, 0.15) is 0 Å². The summed E-state index contributed by atoms with van der Waals surface area (Å²) >= 11 is 3.39. The molecule has 1 aromatic carbocycles. The van der Waals surface area contributed by atoms with Crippen LogP contribution in [0.5, 0.6) is 0 Å². The fourth-order valence-electron chi connectivity index (χ4n) is 3.74. The van der Waals surface area contributed by atoms with Gasteiger partial charge in [0, 0.05) is 55.2 Å². The van der Waals surface area contributed by atoms with E-state index >= 15 is 0 Å². The average Bonchev–Trinajstić information content (AvgIpc) is 3.44. The van der Waals surface area contributed by atoms with Gasteiger partial charge in [-0.1, -0.05) is 15.9 Å². The number of carbonyl (C=O) groups excluding carboxylic acids is 3. The molecule has 1 atom stereocenters. The SMILES string of the molecule is O=C(C1CC1)N1CCN(C(=O)C2CC(=O)N(c3ccc(Br)cc3)C2)CC1. The molecule has 4 rings (SSSR count). The van der Waals surface area contributed by atoms with Crippen molar-refractivity contribution in [2.24, 2.45) is 11.8 Å². The van der Waals surface area contributed by atoms with E-state index in [0.29, 0.717) is 32.7 Å². The number of piperazine rings is 1. The molecule has 3 aliphatic rings. The van der Waals surface area contributed by atoms with Crippen LogP contribution in [0, 0.1) is 11.8 Å². The molecule has 1 unspecified atom stereocenters. The van der Waals surface area contributed by atoms with Crippen LogP contribution < -0.4 is 4.90 Å². The zero-order valence-corrected chi connectivity index (χ0v) is 16.2. The van der Waals surface area contributed by atoms with Crippen LogP contribution in [0.25, 0.3) is 0 Å². The van der Waals surface area contributed by atoms with Gasteiger partial charge in [-0.25, -0.2) is 0 Å². The Hall–Kier alpha value is -1.89. The lowest BCUT2D eigenvalue weighted by Crippen LogP contribution is -2.52. The van der Waals surface area contributed by atoms with Gasteiger partial charge in [0.15, 0.2) is 0 Å². The summed E-state index contributed by atoms with van der Waals surface area (Å²) < 4.78 is 0.958. The van der Waals surface area contributed by atoms with Gasteiger partial charge < -0.3 is 14.7 Å². The number of amides is 3. The minimum atomic E-state index is -0.295. The maximum atomic E-state index is 12.8. The Morgan fingerprint density at radius 3 is 1.96 bits per heavy atom. The van der Waals surface area contributed by atoms with E-state index in [9.17, 15) is 14.4 Å². The maximum Gasteiger partial charge on any atom is 0.228 e. The molecular formula is C19H22BrN3O3. The summed E-state index contributed by atoms with van der Waals surface area (Å²) in [7, 11) is 0. The first-order valence-corrected chi connectivity index (χ1v) is 9.96. The van der Waals surface area contributed by atoms with Crippen molar-refractivity contribution in [2.45, 2.75) is 19.3 Å². The second-order valence-corrected chi connectivity index (χ2v) is 8.22. The summed E-state index contributed by atoms with van der Waals surface area (Å²) in [4.78, 5) is 42.7. The van der Waals surface area contributed by atoms with Crippen molar-refractivity contribution in [3.63, 3.8) is 0 Å². The number of anilines is 1. The Kier molecular flexibility index (Phi) is 4.73.